The van der Waals surface area contributed by atoms with E-state index in [4.69, 9.17) is 0 Å². The van der Waals surface area contributed by atoms with Crippen molar-refractivity contribution < 1.29 is 13.2 Å². The summed E-state index contributed by atoms with van der Waals surface area (Å²) in [5.74, 6) is 0.151. The number of nitrogens with one attached hydrogen (secondary N) is 2. The fourth-order valence-electron chi connectivity index (χ4n) is 2.11. The maximum atomic E-state index is 12.2. The first-order chi connectivity index (χ1) is 11.9. The molecule has 128 valence electrons. The van der Waals surface area contributed by atoms with Crippen molar-refractivity contribution in [3.63, 3.8) is 0 Å². The lowest BCUT2D eigenvalue weighted by atomic mass is 10.2. The van der Waals surface area contributed by atoms with Crippen molar-refractivity contribution >= 4 is 38.8 Å². The number of rotatable bonds is 5. The van der Waals surface area contributed by atoms with Crippen LogP contribution in [0.3, 0.4) is 0 Å². The van der Waals surface area contributed by atoms with E-state index < -0.39 is 10.0 Å². The molecule has 8 heteroatoms. The maximum Gasteiger partial charge on any atom is 0.271 e. The zero-order valence-electron chi connectivity index (χ0n) is 13.3. The van der Waals surface area contributed by atoms with Gasteiger partial charge in [0, 0.05) is 16.9 Å². The van der Waals surface area contributed by atoms with Gasteiger partial charge in [-0.25, -0.2) is 13.4 Å². The summed E-state index contributed by atoms with van der Waals surface area (Å²) in [7, 11) is -3.60. The number of benzene rings is 1. The second-order valence-corrected chi connectivity index (χ2v) is 8.09. The number of amides is 1. The summed E-state index contributed by atoms with van der Waals surface area (Å²) >= 11 is 1.14. The van der Waals surface area contributed by atoms with Crippen LogP contribution in [0.25, 0.3) is 0 Å². The van der Waals surface area contributed by atoms with Gasteiger partial charge in [0.1, 0.15) is 10.0 Å². The molecule has 0 saturated heterocycles. The van der Waals surface area contributed by atoms with E-state index in [0.717, 1.165) is 17.0 Å². The predicted molar refractivity (Wildman–Crippen MR) is 98.5 cm³/mol. The van der Waals surface area contributed by atoms with E-state index in [9.17, 15) is 13.2 Å². The van der Waals surface area contributed by atoms with Crippen LogP contribution in [0.15, 0.2) is 64.2 Å². The first-order valence-corrected chi connectivity index (χ1v) is 9.72. The third-order valence-electron chi connectivity index (χ3n) is 3.29. The van der Waals surface area contributed by atoms with Crippen LogP contribution in [0.5, 0.6) is 0 Å². The number of sulfonamides is 1. The third kappa shape index (κ3) is 4.23. The number of anilines is 2. The number of nitrogens with zero attached hydrogens (tertiary/aromatic N) is 1. The molecule has 3 rings (SSSR count). The highest BCUT2D eigenvalue weighted by molar-refractivity contribution is 7.94. The normalized spacial score (nSPS) is 11.1. The Morgan fingerprint density at radius 1 is 1.04 bits per heavy atom. The number of thiophene rings is 1. The van der Waals surface area contributed by atoms with E-state index in [1.54, 1.807) is 47.8 Å². The minimum atomic E-state index is -3.60. The largest absolute Gasteiger partial charge is 0.307 e. The van der Waals surface area contributed by atoms with Gasteiger partial charge in [0.15, 0.2) is 0 Å². The van der Waals surface area contributed by atoms with Gasteiger partial charge < -0.3 is 5.32 Å². The number of hydrogen-bond acceptors (Lipinski definition) is 5. The molecule has 0 atom stereocenters. The molecule has 6 nitrogen and oxygen atoms in total. The van der Waals surface area contributed by atoms with Gasteiger partial charge in [-0.1, -0.05) is 12.1 Å². The fourth-order valence-corrected chi connectivity index (χ4v) is 4.16. The Labute approximate surface area is 149 Å². The van der Waals surface area contributed by atoms with Crippen molar-refractivity contribution in [2.24, 2.45) is 0 Å². The van der Waals surface area contributed by atoms with Gasteiger partial charge >= 0.3 is 0 Å². The molecule has 0 bridgehead atoms. The molecule has 0 unspecified atom stereocenters. The van der Waals surface area contributed by atoms with Crippen LogP contribution in [0.1, 0.15) is 16.1 Å². The molecule has 25 heavy (non-hydrogen) atoms. The molecular weight excluding hydrogens is 358 g/mol. The molecule has 0 saturated carbocycles. The lowest BCUT2D eigenvalue weighted by Gasteiger charge is -2.08. The summed E-state index contributed by atoms with van der Waals surface area (Å²) in [6.45, 7) is 1.84. The first kappa shape index (κ1) is 17.1. The fraction of sp³-hybridized carbons (Fsp3) is 0.0588. The molecule has 3 aromatic rings. The van der Waals surface area contributed by atoms with Crippen LogP contribution >= 0.6 is 11.3 Å². The smallest absolute Gasteiger partial charge is 0.271 e. The van der Waals surface area contributed by atoms with Crippen molar-refractivity contribution in [3.05, 3.63) is 71.2 Å². The molecule has 0 aliphatic heterocycles. The summed E-state index contributed by atoms with van der Waals surface area (Å²) in [5.41, 5.74) is 1.59. The lowest BCUT2D eigenvalue weighted by Crippen LogP contribution is -2.14. The lowest BCUT2D eigenvalue weighted by molar-refractivity contribution is 0.102. The topological polar surface area (TPSA) is 88.2 Å². The van der Waals surface area contributed by atoms with Crippen molar-refractivity contribution in [2.45, 2.75) is 11.1 Å². The Hall–Kier alpha value is -2.71. The molecule has 0 aliphatic rings. The van der Waals surface area contributed by atoms with Crippen LogP contribution in [0.2, 0.25) is 0 Å². The highest BCUT2D eigenvalue weighted by Crippen LogP contribution is 2.20. The van der Waals surface area contributed by atoms with E-state index in [1.807, 2.05) is 13.0 Å². The molecule has 2 heterocycles. The molecule has 0 aliphatic carbocycles. The van der Waals surface area contributed by atoms with Gasteiger partial charge in [0.2, 0.25) is 0 Å². The van der Waals surface area contributed by atoms with E-state index in [0.29, 0.717) is 17.1 Å². The number of pyridine rings is 1. The summed E-state index contributed by atoms with van der Waals surface area (Å²) in [6, 6.07) is 14.7. The molecule has 0 spiro atoms. The highest BCUT2D eigenvalue weighted by Gasteiger charge is 2.15. The first-order valence-electron chi connectivity index (χ1n) is 7.35. The average molecular weight is 373 g/mol. The SMILES string of the molecule is Cc1cccc(NC(=O)c2ccc(NS(=O)(=O)c3cccs3)cc2)n1. The minimum Gasteiger partial charge on any atom is -0.307 e. The minimum absolute atomic E-state index is 0.236. The van der Waals surface area contributed by atoms with Gasteiger partial charge in [0.05, 0.1) is 0 Å². The molecule has 0 fully saturated rings. The van der Waals surface area contributed by atoms with Gasteiger partial charge in [-0.2, -0.15) is 0 Å². The standard InChI is InChI=1S/C17H15N3O3S2/c1-12-4-2-5-15(18-12)19-17(21)13-7-9-14(10-8-13)20-25(22,23)16-6-3-11-24-16/h2-11,20H,1H3,(H,18,19,21). The summed E-state index contributed by atoms with van der Waals surface area (Å²) in [5, 5.41) is 4.40. The van der Waals surface area contributed by atoms with Crippen LogP contribution in [0, 0.1) is 6.92 Å². The third-order valence-corrected chi connectivity index (χ3v) is 6.07. The number of aromatic nitrogens is 1. The molecule has 2 aromatic heterocycles. The zero-order valence-corrected chi connectivity index (χ0v) is 14.9. The summed E-state index contributed by atoms with van der Waals surface area (Å²) in [4.78, 5) is 16.4. The Morgan fingerprint density at radius 2 is 1.80 bits per heavy atom. The Morgan fingerprint density at radius 3 is 2.44 bits per heavy atom. The molecular formula is C17H15N3O3S2. The Kier molecular flexibility index (Phi) is 4.82. The molecule has 0 radical (unpaired) electrons. The molecule has 1 amide bonds. The van der Waals surface area contributed by atoms with E-state index in [-0.39, 0.29) is 10.1 Å². The Balaban J connectivity index is 1.71. The highest BCUT2D eigenvalue weighted by atomic mass is 32.2. The predicted octanol–water partition coefficient (Wildman–Crippen LogP) is 3.50. The number of carbonyl (C=O) groups is 1. The van der Waals surface area contributed by atoms with Gasteiger partial charge in [-0.15, -0.1) is 11.3 Å². The van der Waals surface area contributed by atoms with E-state index in [2.05, 4.69) is 15.0 Å². The van der Waals surface area contributed by atoms with Crippen LogP contribution in [-0.4, -0.2) is 19.3 Å². The van der Waals surface area contributed by atoms with Gasteiger partial charge in [-0.3, -0.25) is 9.52 Å². The zero-order chi connectivity index (χ0) is 17.9. The number of aryl methyl sites for hydroxylation is 1. The van der Waals surface area contributed by atoms with Crippen molar-refractivity contribution in [2.75, 3.05) is 10.0 Å². The maximum absolute atomic E-state index is 12.2. The molecule has 1 aromatic carbocycles. The monoisotopic (exact) mass is 373 g/mol. The van der Waals surface area contributed by atoms with E-state index >= 15 is 0 Å². The summed E-state index contributed by atoms with van der Waals surface area (Å²) < 4.78 is 27.1. The average Bonchev–Trinajstić information content (AvgIpc) is 3.10. The van der Waals surface area contributed by atoms with Crippen LogP contribution in [-0.2, 0) is 10.0 Å². The second kappa shape index (κ2) is 7.04. The van der Waals surface area contributed by atoms with Gasteiger partial charge in [0.25, 0.3) is 15.9 Å². The Bertz CT molecular complexity index is 982. The summed E-state index contributed by atoms with van der Waals surface area (Å²) in [6.07, 6.45) is 0. The number of carbonyl (C=O) groups excluding carboxylic acids is 1. The van der Waals surface area contributed by atoms with Gasteiger partial charge in [-0.05, 0) is 54.8 Å². The van der Waals surface area contributed by atoms with Crippen molar-refractivity contribution in [1.82, 2.24) is 4.98 Å². The van der Waals surface area contributed by atoms with E-state index in [1.165, 1.54) is 6.07 Å². The number of hydrogen-bond donors (Lipinski definition) is 2. The van der Waals surface area contributed by atoms with Crippen LogP contribution in [0.4, 0.5) is 11.5 Å². The quantitative estimate of drug-likeness (QED) is 0.716. The second-order valence-electron chi connectivity index (χ2n) is 5.23. The van der Waals surface area contributed by atoms with Crippen molar-refractivity contribution in [3.8, 4) is 0 Å². The molecule has 2 N–H and O–H groups in total. The van der Waals surface area contributed by atoms with Crippen LogP contribution < -0.4 is 10.0 Å². The van der Waals surface area contributed by atoms with Crippen molar-refractivity contribution in [1.29, 1.82) is 0 Å².